The summed E-state index contributed by atoms with van der Waals surface area (Å²) in [4.78, 5) is 34.8. The number of carbonyl (C=O) groups is 1. The third-order valence-electron chi connectivity index (χ3n) is 6.85. The fourth-order valence-corrected chi connectivity index (χ4v) is 4.78. The van der Waals surface area contributed by atoms with E-state index in [4.69, 9.17) is 0 Å². The highest BCUT2D eigenvalue weighted by Crippen LogP contribution is 2.18. The summed E-state index contributed by atoms with van der Waals surface area (Å²) >= 11 is 0. The summed E-state index contributed by atoms with van der Waals surface area (Å²) in [7, 11) is 0. The van der Waals surface area contributed by atoms with E-state index in [0.29, 0.717) is 17.4 Å². The molecule has 7 heteroatoms. The van der Waals surface area contributed by atoms with E-state index in [2.05, 4.69) is 56.5 Å². The Morgan fingerprint density at radius 3 is 2.39 bits per heavy atom. The molecule has 1 fully saturated rings. The van der Waals surface area contributed by atoms with Crippen molar-refractivity contribution in [3.05, 3.63) is 106 Å². The Hall–Kier alpha value is -3.97. The molecule has 1 aromatic heterocycles. The van der Waals surface area contributed by atoms with Crippen LogP contribution in [0.15, 0.2) is 83.9 Å². The molecule has 1 aliphatic heterocycles. The molecule has 0 unspecified atom stereocenters. The summed E-state index contributed by atoms with van der Waals surface area (Å²) in [6.07, 6.45) is 1.46. The normalized spacial score (nSPS) is 14.2. The van der Waals surface area contributed by atoms with Crippen LogP contribution in [0.25, 0.3) is 10.9 Å². The van der Waals surface area contributed by atoms with Gasteiger partial charge in [-0.15, -0.1) is 0 Å². The van der Waals surface area contributed by atoms with Gasteiger partial charge < -0.3 is 10.2 Å². The molecule has 3 aromatic carbocycles. The van der Waals surface area contributed by atoms with E-state index in [9.17, 15) is 9.59 Å². The number of piperazine rings is 1. The van der Waals surface area contributed by atoms with Crippen LogP contribution in [0.2, 0.25) is 0 Å². The van der Waals surface area contributed by atoms with Gasteiger partial charge in [0.2, 0.25) is 5.91 Å². The molecule has 1 aliphatic rings. The van der Waals surface area contributed by atoms with Crippen molar-refractivity contribution < 1.29 is 4.79 Å². The average molecular weight is 482 g/mol. The third kappa shape index (κ3) is 5.31. The van der Waals surface area contributed by atoms with Crippen LogP contribution in [0.1, 0.15) is 16.7 Å². The van der Waals surface area contributed by atoms with Crippen LogP contribution in [0.4, 0.5) is 5.69 Å². The molecular weight excluding hydrogens is 450 g/mol. The summed E-state index contributed by atoms with van der Waals surface area (Å²) in [5, 5.41) is 3.52. The van der Waals surface area contributed by atoms with Crippen molar-refractivity contribution in [1.29, 1.82) is 0 Å². The SMILES string of the molecule is Cc1cccc2c(=O)n(CC(=O)NCc3ccccc3CN3CCN(c4ccccc4)CC3)cnc12. The van der Waals surface area contributed by atoms with Crippen molar-refractivity contribution in [3.8, 4) is 0 Å². The minimum absolute atomic E-state index is 0.0562. The first kappa shape index (κ1) is 23.8. The number of carbonyl (C=O) groups excluding carboxylic acids is 1. The van der Waals surface area contributed by atoms with E-state index < -0.39 is 0 Å². The van der Waals surface area contributed by atoms with Crippen molar-refractivity contribution >= 4 is 22.5 Å². The van der Waals surface area contributed by atoms with Gasteiger partial charge in [0.15, 0.2) is 0 Å². The average Bonchev–Trinajstić information content (AvgIpc) is 2.91. The van der Waals surface area contributed by atoms with Crippen LogP contribution in [0.3, 0.4) is 0 Å². The molecule has 2 heterocycles. The van der Waals surface area contributed by atoms with Gasteiger partial charge in [0, 0.05) is 45.0 Å². The molecule has 7 nitrogen and oxygen atoms in total. The van der Waals surface area contributed by atoms with Crippen molar-refractivity contribution in [3.63, 3.8) is 0 Å². The zero-order valence-corrected chi connectivity index (χ0v) is 20.6. The Labute approximate surface area is 211 Å². The molecule has 5 rings (SSSR count). The van der Waals surface area contributed by atoms with Gasteiger partial charge in [-0.25, -0.2) is 4.98 Å². The van der Waals surface area contributed by atoms with Crippen LogP contribution in [0.5, 0.6) is 0 Å². The molecule has 1 N–H and O–H groups in total. The zero-order valence-electron chi connectivity index (χ0n) is 20.6. The molecule has 0 bridgehead atoms. The highest BCUT2D eigenvalue weighted by Gasteiger charge is 2.18. The van der Waals surface area contributed by atoms with Crippen LogP contribution in [-0.4, -0.2) is 46.5 Å². The molecule has 0 atom stereocenters. The lowest BCUT2D eigenvalue weighted by Crippen LogP contribution is -2.46. The summed E-state index contributed by atoms with van der Waals surface area (Å²) in [6, 6.07) is 24.3. The number of aromatic nitrogens is 2. The lowest BCUT2D eigenvalue weighted by molar-refractivity contribution is -0.121. The van der Waals surface area contributed by atoms with Crippen molar-refractivity contribution in [2.24, 2.45) is 0 Å². The fourth-order valence-electron chi connectivity index (χ4n) is 4.78. The van der Waals surface area contributed by atoms with Gasteiger partial charge in [0.1, 0.15) is 6.54 Å². The summed E-state index contributed by atoms with van der Waals surface area (Å²) in [5.74, 6) is -0.211. The summed E-state index contributed by atoms with van der Waals surface area (Å²) in [6.45, 7) is 7.12. The molecule has 4 aromatic rings. The van der Waals surface area contributed by atoms with Crippen LogP contribution < -0.4 is 15.8 Å². The standard InChI is InChI=1S/C29H31N5O2/c1-22-8-7-13-26-28(22)31-21-34(29(26)36)20-27(35)30-18-23-9-5-6-10-24(23)19-32-14-16-33(17-15-32)25-11-3-2-4-12-25/h2-13,21H,14-20H2,1H3,(H,30,35). The molecule has 0 aliphatic carbocycles. The highest BCUT2D eigenvalue weighted by atomic mass is 16.2. The van der Waals surface area contributed by atoms with Gasteiger partial charge >= 0.3 is 0 Å². The molecule has 36 heavy (non-hydrogen) atoms. The maximum absolute atomic E-state index is 12.8. The second-order valence-electron chi connectivity index (χ2n) is 9.29. The minimum Gasteiger partial charge on any atom is -0.369 e. The number of amides is 1. The topological polar surface area (TPSA) is 70.5 Å². The van der Waals surface area contributed by atoms with E-state index >= 15 is 0 Å². The molecule has 1 amide bonds. The second-order valence-corrected chi connectivity index (χ2v) is 9.29. The van der Waals surface area contributed by atoms with Gasteiger partial charge in [-0.3, -0.25) is 19.1 Å². The lowest BCUT2D eigenvalue weighted by Gasteiger charge is -2.36. The van der Waals surface area contributed by atoms with Gasteiger partial charge in [-0.1, -0.05) is 54.6 Å². The van der Waals surface area contributed by atoms with E-state index in [0.717, 1.165) is 43.9 Å². The van der Waals surface area contributed by atoms with Crippen LogP contribution in [0, 0.1) is 6.92 Å². The fraction of sp³-hybridized carbons (Fsp3) is 0.276. The van der Waals surface area contributed by atoms with E-state index in [1.165, 1.54) is 22.1 Å². The van der Waals surface area contributed by atoms with Gasteiger partial charge in [-0.05, 0) is 41.8 Å². The number of fused-ring (bicyclic) bond motifs is 1. The van der Waals surface area contributed by atoms with Crippen LogP contribution >= 0.6 is 0 Å². The first-order valence-corrected chi connectivity index (χ1v) is 12.4. The molecule has 0 radical (unpaired) electrons. The second kappa shape index (κ2) is 10.7. The number of aryl methyl sites for hydroxylation is 1. The Morgan fingerprint density at radius 1 is 0.889 bits per heavy atom. The number of nitrogens with zero attached hydrogens (tertiary/aromatic N) is 4. The van der Waals surface area contributed by atoms with Crippen LogP contribution in [-0.2, 0) is 24.4 Å². The molecule has 0 saturated carbocycles. The predicted molar refractivity (Wildman–Crippen MR) is 143 cm³/mol. The monoisotopic (exact) mass is 481 g/mol. The van der Waals surface area contributed by atoms with Gasteiger partial charge in [0.05, 0.1) is 17.2 Å². The minimum atomic E-state index is -0.211. The first-order valence-electron chi connectivity index (χ1n) is 12.4. The van der Waals surface area contributed by atoms with Crippen molar-refractivity contribution in [1.82, 2.24) is 19.8 Å². The van der Waals surface area contributed by atoms with E-state index in [1.807, 2.05) is 37.3 Å². The van der Waals surface area contributed by atoms with E-state index in [-0.39, 0.29) is 18.0 Å². The molecule has 0 spiro atoms. The predicted octanol–water partition coefficient (Wildman–Crippen LogP) is 3.34. The van der Waals surface area contributed by atoms with E-state index in [1.54, 1.807) is 6.07 Å². The number of rotatable bonds is 7. The largest absolute Gasteiger partial charge is 0.369 e. The van der Waals surface area contributed by atoms with Crippen molar-refractivity contribution in [2.45, 2.75) is 26.6 Å². The Balaban J connectivity index is 1.18. The maximum Gasteiger partial charge on any atom is 0.261 e. The van der Waals surface area contributed by atoms with Gasteiger partial charge in [0.25, 0.3) is 5.56 Å². The number of hydrogen-bond acceptors (Lipinski definition) is 5. The molecule has 184 valence electrons. The van der Waals surface area contributed by atoms with Crippen molar-refractivity contribution in [2.75, 3.05) is 31.1 Å². The lowest BCUT2D eigenvalue weighted by atomic mass is 10.1. The first-order chi connectivity index (χ1) is 17.6. The quantitative estimate of drug-likeness (QED) is 0.439. The number of anilines is 1. The smallest absolute Gasteiger partial charge is 0.261 e. The maximum atomic E-state index is 12.8. The highest BCUT2D eigenvalue weighted by molar-refractivity contribution is 5.81. The Morgan fingerprint density at radius 2 is 1.61 bits per heavy atom. The number of hydrogen-bond donors (Lipinski definition) is 1. The third-order valence-corrected chi connectivity index (χ3v) is 6.85. The van der Waals surface area contributed by atoms with Gasteiger partial charge in [-0.2, -0.15) is 0 Å². The zero-order chi connectivity index (χ0) is 24.9. The number of para-hydroxylation sites is 2. The Kier molecular flexibility index (Phi) is 7.09. The Bertz CT molecular complexity index is 1410. The molecular formula is C29H31N5O2. The number of benzene rings is 3. The number of nitrogens with one attached hydrogen (secondary N) is 1. The summed E-state index contributed by atoms with van der Waals surface area (Å²) in [5.41, 5.74) is 5.00. The summed E-state index contributed by atoms with van der Waals surface area (Å²) < 4.78 is 1.37. The molecule has 1 saturated heterocycles.